The largest absolute Gasteiger partial charge is 0.472 e. The number of aliphatic hydroxyl groups excluding tert-OH is 18. The maximum absolute atomic E-state index is 12.2. The van der Waals surface area contributed by atoms with Gasteiger partial charge in [-0.25, -0.2) is 9.13 Å². The van der Waals surface area contributed by atoms with E-state index in [0.717, 1.165) is 20.1 Å². The molecule has 0 radical (unpaired) electrons. The third kappa shape index (κ3) is 21.8. The van der Waals surface area contributed by atoms with E-state index >= 15 is 0 Å². The molecular formula is C38H78N2O31P2. The zero-order valence-electron chi connectivity index (χ0n) is 40.1. The summed E-state index contributed by atoms with van der Waals surface area (Å²) in [6, 6.07) is -1.50. The lowest BCUT2D eigenvalue weighted by molar-refractivity contribution is -0.323. The highest BCUT2D eigenvalue weighted by molar-refractivity contribution is 7.47. The first kappa shape index (κ1) is 69.7. The van der Waals surface area contributed by atoms with Crippen LogP contribution in [0.15, 0.2) is 12.5 Å². The van der Waals surface area contributed by atoms with Gasteiger partial charge in [-0.05, 0) is 0 Å². The van der Waals surface area contributed by atoms with Crippen molar-refractivity contribution in [1.82, 2.24) is 0 Å². The van der Waals surface area contributed by atoms with Crippen LogP contribution in [0.3, 0.4) is 0 Å². The number of nitrogens with two attached hydrogens (primary N) is 2. The molecule has 0 saturated carbocycles. The van der Waals surface area contributed by atoms with Gasteiger partial charge < -0.3 is 146 Å². The van der Waals surface area contributed by atoms with Crippen molar-refractivity contribution in [3.05, 3.63) is 12.5 Å². The minimum Gasteiger partial charge on any atom is -0.468 e. The lowest BCUT2D eigenvalue weighted by atomic mass is 9.94. The molecule has 1 heterocycles. The molecule has 27 atom stereocenters. The Kier molecular flexibility index (Phi) is 32.3. The van der Waals surface area contributed by atoms with Gasteiger partial charge in [-0.15, -0.1) is 0 Å². The van der Waals surface area contributed by atoms with Gasteiger partial charge in [0, 0.05) is 43.4 Å². The fraction of sp³-hybridized carbons (Fsp3) is 0.947. The normalized spacial score (nSPS) is 28.5. The van der Waals surface area contributed by atoms with Crippen LogP contribution in [0, 0.1) is 23.7 Å². The number of ether oxygens (including phenoxy) is 6. The molecule has 0 amide bonds. The van der Waals surface area contributed by atoms with E-state index in [9.17, 15) is 106 Å². The molecule has 1 aliphatic heterocycles. The molecule has 24 N–H and O–H groups in total. The summed E-state index contributed by atoms with van der Waals surface area (Å²) < 4.78 is 68.2. The summed E-state index contributed by atoms with van der Waals surface area (Å²) in [4.78, 5) is 18.6. The topological polar surface area (TPSA) is 574 Å². The van der Waals surface area contributed by atoms with Gasteiger partial charge in [0.1, 0.15) is 79.7 Å². The zero-order valence-corrected chi connectivity index (χ0v) is 42.0. The van der Waals surface area contributed by atoms with Crippen molar-refractivity contribution in [2.75, 3.05) is 46.2 Å². The van der Waals surface area contributed by atoms with E-state index in [4.69, 9.17) is 49.3 Å². The van der Waals surface area contributed by atoms with E-state index in [1.807, 2.05) is 0 Å². The van der Waals surface area contributed by atoms with Gasteiger partial charge in [0.15, 0.2) is 25.2 Å². The van der Waals surface area contributed by atoms with Crippen molar-refractivity contribution in [3.63, 3.8) is 0 Å². The molecule has 0 spiro atoms. The third-order valence-corrected chi connectivity index (χ3v) is 12.8. The monoisotopic (exact) mass is 1120 g/mol. The Hall–Kier alpha value is -1.36. The van der Waals surface area contributed by atoms with Gasteiger partial charge in [0.25, 0.3) is 0 Å². The smallest absolute Gasteiger partial charge is 0.468 e. The summed E-state index contributed by atoms with van der Waals surface area (Å²) in [5.74, 6) is -5.20. The number of rotatable bonds is 38. The van der Waals surface area contributed by atoms with E-state index in [-0.39, 0.29) is 6.54 Å². The first-order chi connectivity index (χ1) is 33.9. The first-order valence-electron chi connectivity index (χ1n) is 22.5. The molecule has 0 aromatic carbocycles. The molecule has 1 rings (SSSR count). The predicted molar refractivity (Wildman–Crippen MR) is 239 cm³/mol. The summed E-state index contributed by atoms with van der Waals surface area (Å²) in [5.41, 5.74) is 11.2. The van der Waals surface area contributed by atoms with Gasteiger partial charge >= 0.3 is 16.1 Å². The maximum Gasteiger partial charge on any atom is 0.472 e. The quantitative estimate of drug-likeness (QED) is 0.0155. The molecule has 33 nitrogen and oxygen atoms in total. The maximum atomic E-state index is 12.2. The van der Waals surface area contributed by atoms with Crippen molar-refractivity contribution in [1.29, 1.82) is 0 Å². The van der Waals surface area contributed by atoms with Crippen LogP contribution in [-0.2, 0) is 51.1 Å². The Morgan fingerprint density at radius 3 is 1.60 bits per heavy atom. The molecule has 0 aliphatic carbocycles. The van der Waals surface area contributed by atoms with Crippen molar-refractivity contribution in [2.45, 2.75) is 157 Å². The number of hydrogen-bond donors (Lipinski definition) is 22. The van der Waals surface area contributed by atoms with E-state index in [1.165, 1.54) is 13.8 Å². The molecule has 1 fully saturated rings. The second kappa shape index (κ2) is 33.8. The van der Waals surface area contributed by atoms with Gasteiger partial charge in [0.05, 0.1) is 56.9 Å². The van der Waals surface area contributed by atoms with Crippen LogP contribution in [0.1, 0.15) is 27.7 Å². The molecule has 0 aromatic rings. The van der Waals surface area contributed by atoms with Crippen molar-refractivity contribution < 1.29 is 153 Å². The van der Waals surface area contributed by atoms with Crippen molar-refractivity contribution in [3.8, 4) is 0 Å². The minimum atomic E-state index is -4.79. The van der Waals surface area contributed by atoms with Crippen LogP contribution in [0.25, 0.3) is 0 Å². The highest BCUT2D eigenvalue weighted by Gasteiger charge is 2.49. The minimum absolute atomic E-state index is 0.200. The highest BCUT2D eigenvalue weighted by Crippen LogP contribution is 2.43. The fourth-order valence-electron chi connectivity index (χ4n) is 6.58. The molecular weight excluding hydrogens is 1040 g/mol. The Bertz CT molecular complexity index is 1600. The number of phosphoric ester groups is 1. The predicted octanol–water partition coefficient (Wildman–Crippen LogP) is -10.0. The summed E-state index contributed by atoms with van der Waals surface area (Å²) in [6.45, 7) is -0.205. The molecule has 35 heteroatoms. The standard InChI is InChI=1S/C38H78N2O31P2/c1-14(9-41)20(44)25(49)29(53)35(56)70-33(28(52)23(47)17(4)13-67-73(61,62)66-6-5-39)37(58)71-32(27(51)21(45)15(2)10-42)36(57)64-12-16(3)22(46)26(50)30(54)34(55)69-31-18(11-43)68-38(19(40)24(31)48)63-7-8-65-72(59)60/h7-8,14-38,41-58,72H,5-6,9-13,39-40H2,1-4H3,(H,59,60)(H,61,62)/b8-7-. The number of aliphatic hydroxyl groups is 18. The summed E-state index contributed by atoms with van der Waals surface area (Å²) in [7, 11) is -8.18. The Morgan fingerprint density at radius 2 is 1.10 bits per heavy atom. The molecule has 0 bridgehead atoms. The number of hydrogen-bond acceptors (Lipinski definition) is 31. The van der Waals surface area contributed by atoms with Crippen molar-refractivity contribution >= 4 is 16.1 Å². The fourth-order valence-corrected chi connectivity index (χ4v) is 7.59. The molecule has 1 saturated heterocycles. The van der Waals surface area contributed by atoms with Crippen LogP contribution in [0.4, 0.5) is 0 Å². The van der Waals surface area contributed by atoms with Gasteiger partial charge in [-0.1, -0.05) is 27.7 Å². The highest BCUT2D eigenvalue weighted by atomic mass is 31.2. The van der Waals surface area contributed by atoms with Crippen LogP contribution in [0.2, 0.25) is 0 Å². The third-order valence-electron chi connectivity index (χ3n) is 11.5. The van der Waals surface area contributed by atoms with Crippen molar-refractivity contribution in [2.24, 2.45) is 35.1 Å². The Morgan fingerprint density at radius 1 is 0.630 bits per heavy atom. The summed E-state index contributed by atoms with van der Waals surface area (Å²) in [5, 5.41) is 192. The SMILES string of the molecule is CC(CO)C(O)C(O)C(O)C(O)OC(C(O)OC(C(O)OCC(C)C(O)C(O)C(O)C(O)OC1C(CO)OC(O/C=C\O[PH](=O)O)C(N)C1O)C(O)C(O)C(C)CO)C(O)C(O)C(C)COP(=O)(O)OCCN. The zero-order chi connectivity index (χ0) is 56.2. The lowest BCUT2D eigenvalue weighted by Crippen LogP contribution is -2.64. The van der Waals surface area contributed by atoms with E-state index in [1.54, 1.807) is 0 Å². The summed E-state index contributed by atoms with van der Waals surface area (Å²) >= 11 is 0. The van der Waals surface area contributed by atoms with Crippen LogP contribution in [-0.4, -0.2) is 277 Å². The van der Waals surface area contributed by atoms with Gasteiger partial charge in [-0.3, -0.25) is 9.05 Å². The first-order valence-corrected chi connectivity index (χ1v) is 25.2. The average Bonchev–Trinajstić information content (AvgIpc) is 3.37. The van der Waals surface area contributed by atoms with Gasteiger partial charge in [0.2, 0.25) is 6.29 Å². The molecule has 436 valence electrons. The van der Waals surface area contributed by atoms with E-state index in [0.29, 0.717) is 6.26 Å². The Balaban J connectivity index is 3.40. The molecule has 73 heavy (non-hydrogen) atoms. The van der Waals surface area contributed by atoms with E-state index < -0.39 is 208 Å². The average molecular weight is 1120 g/mol. The molecule has 1 aliphatic rings. The summed E-state index contributed by atoms with van der Waals surface area (Å²) in [6.07, 6.45) is -43.9. The number of phosphoric acid groups is 1. The molecule has 0 aromatic heterocycles. The van der Waals surface area contributed by atoms with Crippen LogP contribution in [0.5, 0.6) is 0 Å². The van der Waals surface area contributed by atoms with Crippen LogP contribution < -0.4 is 11.5 Å². The second-order valence-electron chi connectivity index (χ2n) is 17.3. The van der Waals surface area contributed by atoms with Crippen LogP contribution >= 0.6 is 16.1 Å². The van der Waals surface area contributed by atoms with Gasteiger partial charge in [-0.2, -0.15) is 0 Å². The molecule has 27 unspecified atom stereocenters. The van der Waals surface area contributed by atoms with E-state index in [2.05, 4.69) is 9.05 Å². The second-order valence-corrected chi connectivity index (χ2v) is 19.6. The Labute approximate surface area is 419 Å². The lowest BCUT2D eigenvalue weighted by Gasteiger charge is -2.43.